The fourth-order valence-electron chi connectivity index (χ4n) is 3.19. The Morgan fingerprint density at radius 2 is 1.37 bits per heavy atom. The number of amides is 1. The van der Waals surface area contributed by atoms with Crippen molar-refractivity contribution in [3.05, 3.63) is 96.1 Å². The number of hydrogen-bond donors (Lipinski definition) is 0. The molecule has 0 fully saturated rings. The van der Waals surface area contributed by atoms with Gasteiger partial charge in [-0.15, -0.1) is 0 Å². The summed E-state index contributed by atoms with van der Waals surface area (Å²) in [6.07, 6.45) is 1.77. The third-order valence-electron chi connectivity index (χ3n) is 5.03. The zero-order valence-corrected chi connectivity index (χ0v) is 18.0. The van der Waals surface area contributed by atoms with Gasteiger partial charge in [-0.05, 0) is 54.8 Å². The molecule has 0 saturated heterocycles. The Labute approximate surface area is 178 Å². The monoisotopic (exact) mass is 422 g/mol. The standard InChI is InChI=1S/C24H26N2O3S/c1-25(19-9-12-20-10-5-3-6-11-20)24(27)21-15-17-23(18-16-21)30(28,29)26(2)22-13-7-4-8-14-22/h3-8,10-11,13-18H,9,12,19H2,1-2H3. The summed E-state index contributed by atoms with van der Waals surface area (Å²) in [7, 11) is -0.408. The van der Waals surface area contributed by atoms with E-state index in [2.05, 4.69) is 12.1 Å². The summed E-state index contributed by atoms with van der Waals surface area (Å²) in [6, 6.07) is 25.2. The second-order valence-corrected chi connectivity index (χ2v) is 9.12. The Morgan fingerprint density at radius 3 is 1.97 bits per heavy atom. The van der Waals surface area contributed by atoms with Gasteiger partial charge in [0.05, 0.1) is 10.6 Å². The molecule has 30 heavy (non-hydrogen) atoms. The fraction of sp³-hybridized carbons (Fsp3) is 0.208. The van der Waals surface area contributed by atoms with E-state index in [-0.39, 0.29) is 10.8 Å². The first-order valence-corrected chi connectivity index (χ1v) is 11.3. The van der Waals surface area contributed by atoms with E-state index in [1.165, 1.54) is 29.0 Å². The number of para-hydroxylation sites is 1. The maximum Gasteiger partial charge on any atom is 0.264 e. The Hall–Kier alpha value is -3.12. The molecular weight excluding hydrogens is 396 g/mol. The smallest absolute Gasteiger partial charge is 0.264 e. The van der Waals surface area contributed by atoms with Crippen LogP contribution in [0.5, 0.6) is 0 Å². The van der Waals surface area contributed by atoms with Crippen LogP contribution in [-0.2, 0) is 16.4 Å². The van der Waals surface area contributed by atoms with Crippen molar-refractivity contribution in [2.75, 3.05) is 24.9 Å². The van der Waals surface area contributed by atoms with Crippen LogP contribution in [0, 0.1) is 0 Å². The number of rotatable bonds is 8. The summed E-state index contributed by atoms with van der Waals surface area (Å²) >= 11 is 0. The van der Waals surface area contributed by atoms with E-state index < -0.39 is 10.0 Å². The van der Waals surface area contributed by atoms with Crippen molar-refractivity contribution in [1.82, 2.24) is 4.90 Å². The predicted octanol–water partition coefficient (Wildman–Crippen LogP) is 4.22. The lowest BCUT2D eigenvalue weighted by atomic mass is 10.1. The van der Waals surface area contributed by atoms with Gasteiger partial charge in [0.1, 0.15) is 0 Å². The molecule has 0 heterocycles. The van der Waals surface area contributed by atoms with E-state index in [4.69, 9.17) is 0 Å². The topological polar surface area (TPSA) is 57.7 Å². The van der Waals surface area contributed by atoms with Crippen LogP contribution in [0.3, 0.4) is 0 Å². The summed E-state index contributed by atoms with van der Waals surface area (Å²) in [4.78, 5) is 14.5. The first kappa shape index (κ1) is 21.6. The molecule has 0 unspecified atom stereocenters. The molecule has 0 bridgehead atoms. The number of sulfonamides is 1. The second-order valence-electron chi connectivity index (χ2n) is 7.15. The minimum atomic E-state index is -3.69. The third kappa shape index (κ3) is 5.07. The van der Waals surface area contributed by atoms with Gasteiger partial charge in [-0.25, -0.2) is 8.42 Å². The quantitative estimate of drug-likeness (QED) is 0.546. The maximum atomic E-state index is 12.9. The maximum absolute atomic E-state index is 12.9. The average molecular weight is 423 g/mol. The third-order valence-corrected chi connectivity index (χ3v) is 6.83. The van der Waals surface area contributed by atoms with E-state index in [1.807, 2.05) is 24.3 Å². The largest absolute Gasteiger partial charge is 0.342 e. The Kier molecular flexibility index (Phi) is 6.90. The molecule has 1 amide bonds. The van der Waals surface area contributed by atoms with Gasteiger partial charge in [-0.2, -0.15) is 0 Å². The molecule has 3 aromatic rings. The Balaban J connectivity index is 1.63. The molecule has 0 radical (unpaired) electrons. The van der Waals surface area contributed by atoms with E-state index in [1.54, 1.807) is 48.3 Å². The molecule has 0 spiro atoms. The lowest BCUT2D eigenvalue weighted by Gasteiger charge is -2.20. The highest BCUT2D eigenvalue weighted by Crippen LogP contribution is 2.22. The zero-order chi connectivity index (χ0) is 21.6. The minimum Gasteiger partial charge on any atom is -0.342 e. The van der Waals surface area contributed by atoms with Crippen molar-refractivity contribution in [3.63, 3.8) is 0 Å². The zero-order valence-electron chi connectivity index (χ0n) is 17.2. The van der Waals surface area contributed by atoms with Crippen LogP contribution in [-0.4, -0.2) is 39.9 Å². The molecule has 156 valence electrons. The van der Waals surface area contributed by atoms with Crippen molar-refractivity contribution < 1.29 is 13.2 Å². The summed E-state index contributed by atoms with van der Waals surface area (Å²) in [5, 5.41) is 0. The molecular formula is C24H26N2O3S. The first-order valence-electron chi connectivity index (χ1n) is 9.83. The minimum absolute atomic E-state index is 0.122. The van der Waals surface area contributed by atoms with Gasteiger partial charge < -0.3 is 4.90 Å². The highest BCUT2D eigenvalue weighted by molar-refractivity contribution is 7.92. The summed E-state index contributed by atoms with van der Waals surface area (Å²) < 4.78 is 26.9. The van der Waals surface area contributed by atoms with Crippen molar-refractivity contribution in [2.24, 2.45) is 0 Å². The van der Waals surface area contributed by atoms with Crippen LogP contribution < -0.4 is 4.31 Å². The molecule has 0 aliphatic carbocycles. The van der Waals surface area contributed by atoms with Crippen molar-refractivity contribution >= 4 is 21.6 Å². The number of aryl methyl sites for hydroxylation is 1. The van der Waals surface area contributed by atoms with Crippen LogP contribution in [0.25, 0.3) is 0 Å². The van der Waals surface area contributed by atoms with Crippen LogP contribution >= 0.6 is 0 Å². The number of hydrogen-bond acceptors (Lipinski definition) is 3. The molecule has 0 aliphatic heterocycles. The number of nitrogens with zero attached hydrogens (tertiary/aromatic N) is 2. The summed E-state index contributed by atoms with van der Waals surface area (Å²) in [5.74, 6) is -0.122. The number of benzene rings is 3. The molecule has 0 atom stereocenters. The predicted molar refractivity (Wildman–Crippen MR) is 120 cm³/mol. The van der Waals surface area contributed by atoms with Gasteiger partial charge in [0.25, 0.3) is 15.9 Å². The van der Waals surface area contributed by atoms with Crippen LogP contribution in [0.1, 0.15) is 22.3 Å². The molecule has 0 saturated carbocycles. The molecule has 3 rings (SSSR count). The van der Waals surface area contributed by atoms with Gasteiger partial charge in [-0.1, -0.05) is 48.5 Å². The van der Waals surface area contributed by atoms with Crippen molar-refractivity contribution in [1.29, 1.82) is 0 Å². The normalized spacial score (nSPS) is 11.1. The van der Waals surface area contributed by atoms with Crippen LogP contribution in [0.2, 0.25) is 0 Å². The van der Waals surface area contributed by atoms with Gasteiger partial charge in [0.15, 0.2) is 0 Å². The van der Waals surface area contributed by atoms with E-state index in [0.717, 1.165) is 12.8 Å². The summed E-state index contributed by atoms with van der Waals surface area (Å²) in [5.41, 5.74) is 2.30. The van der Waals surface area contributed by atoms with Crippen LogP contribution in [0.4, 0.5) is 5.69 Å². The van der Waals surface area contributed by atoms with Crippen molar-refractivity contribution in [2.45, 2.75) is 17.7 Å². The number of anilines is 1. The second kappa shape index (κ2) is 9.59. The van der Waals surface area contributed by atoms with Gasteiger partial charge in [-0.3, -0.25) is 9.10 Å². The summed E-state index contributed by atoms with van der Waals surface area (Å²) in [6.45, 7) is 0.629. The lowest BCUT2D eigenvalue weighted by Crippen LogP contribution is -2.28. The number of carbonyl (C=O) groups is 1. The molecule has 6 heteroatoms. The van der Waals surface area contributed by atoms with Gasteiger partial charge >= 0.3 is 0 Å². The molecule has 0 aliphatic rings. The van der Waals surface area contributed by atoms with Gasteiger partial charge in [0, 0.05) is 26.2 Å². The molecule has 5 nitrogen and oxygen atoms in total. The highest BCUT2D eigenvalue weighted by atomic mass is 32.2. The molecule has 0 aromatic heterocycles. The molecule has 3 aromatic carbocycles. The Morgan fingerprint density at radius 1 is 0.800 bits per heavy atom. The van der Waals surface area contributed by atoms with E-state index in [0.29, 0.717) is 17.8 Å². The SMILES string of the molecule is CN(CCCc1ccccc1)C(=O)c1ccc(S(=O)(=O)N(C)c2ccccc2)cc1. The first-order chi connectivity index (χ1) is 14.4. The Bertz CT molecular complexity index is 1070. The fourth-order valence-corrected chi connectivity index (χ4v) is 4.39. The van der Waals surface area contributed by atoms with E-state index >= 15 is 0 Å². The highest BCUT2D eigenvalue weighted by Gasteiger charge is 2.22. The van der Waals surface area contributed by atoms with Crippen molar-refractivity contribution in [3.8, 4) is 0 Å². The number of carbonyl (C=O) groups excluding carboxylic acids is 1. The lowest BCUT2D eigenvalue weighted by molar-refractivity contribution is 0.0793. The van der Waals surface area contributed by atoms with Crippen LogP contribution in [0.15, 0.2) is 89.8 Å². The average Bonchev–Trinajstić information content (AvgIpc) is 2.79. The van der Waals surface area contributed by atoms with Gasteiger partial charge in [0.2, 0.25) is 0 Å². The molecule has 0 N–H and O–H groups in total. The van der Waals surface area contributed by atoms with E-state index in [9.17, 15) is 13.2 Å².